The van der Waals surface area contributed by atoms with E-state index in [1.54, 1.807) is 0 Å². The largest absolute Gasteiger partial charge is 0.398 e. The van der Waals surface area contributed by atoms with Crippen molar-refractivity contribution in [2.24, 2.45) is 0 Å². The highest BCUT2D eigenvalue weighted by molar-refractivity contribution is 8.00. The molecule has 0 bridgehead atoms. The van der Waals surface area contributed by atoms with Gasteiger partial charge >= 0.3 is 0 Å². The molecule has 112 valence electrons. The lowest BCUT2D eigenvalue weighted by atomic mass is 10.2. The maximum absolute atomic E-state index is 11.9. The number of thioether (sulfide) groups is 1. The molecule has 2 aromatic carbocycles. The van der Waals surface area contributed by atoms with Gasteiger partial charge in [0.05, 0.1) is 5.75 Å². The number of nitrogens with one attached hydrogen (secondary N) is 1. The van der Waals surface area contributed by atoms with Gasteiger partial charge in [0.2, 0.25) is 10.0 Å². The maximum atomic E-state index is 11.9. The number of rotatable bonds is 7. The van der Waals surface area contributed by atoms with Crippen LogP contribution in [0.2, 0.25) is 0 Å². The number of hydrogen-bond donors (Lipinski definition) is 2. The monoisotopic (exact) mass is 322 g/mol. The first-order valence-corrected chi connectivity index (χ1v) is 9.19. The fourth-order valence-electron chi connectivity index (χ4n) is 1.73. The van der Waals surface area contributed by atoms with Crippen molar-refractivity contribution in [3.8, 4) is 0 Å². The third-order valence-corrected chi connectivity index (χ3v) is 5.54. The van der Waals surface area contributed by atoms with Crippen molar-refractivity contribution in [1.29, 1.82) is 0 Å². The topological polar surface area (TPSA) is 72.2 Å². The summed E-state index contributed by atoms with van der Waals surface area (Å²) in [6.45, 7) is 0.321. The first kappa shape index (κ1) is 15.9. The molecule has 0 heterocycles. The summed E-state index contributed by atoms with van der Waals surface area (Å²) >= 11 is 1.45. The number of sulfonamides is 1. The van der Waals surface area contributed by atoms with Crippen molar-refractivity contribution >= 4 is 27.5 Å². The Labute approximate surface area is 129 Å². The first-order valence-electron chi connectivity index (χ1n) is 6.55. The van der Waals surface area contributed by atoms with Gasteiger partial charge in [-0.15, -0.1) is 11.8 Å². The lowest BCUT2D eigenvalue weighted by Crippen LogP contribution is -2.26. The zero-order valence-corrected chi connectivity index (χ0v) is 13.2. The molecule has 0 aliphatic heterocycles. The van der Waals surface area contributed by atoms with E-state index < -0.39 is 10.0 Å². The molecule has 21 heavy (non-hydrogen) atoms. The minimum Gasteiger partial charge on any atom is -0.398 e. The number of nitrogens with two attached hydrogens (primary N) is 1. The number of para-hydroxylation sites is 1. The second kappa shape index (κ2) is 7.49. The fourth-order valence-corrected chi connectivity index (χ4v) is 4.11. The van der Waals surface area contributed by atoms with Crippen molar-refractivity contribution in [3.05, 3.63) is 60.2 Å². The second-order valence-corrected chi connectivity index (χ2v) is 7.58. The summed E-state index contributed by atoms with van der Waals surface area (Å²) in [6.07, 6.45) is 0. The van der Waals surface area contributed by atoms with Gasteiger partial charge in [-0.25, -0.2) is 13.1 Å². The zero-order valence-electron chi connectivity index (χ0n) is 11.5. The summed E-state index contributed by atoms with van der Waals surface area (Å²) in [5.74, 6) is 0.539. The van der Waals surface area contributed by atoms with E-state index in [4.69, 9.17) is 5.73 Å². The van der Waals surface area contributed by atoms with Gasteiger partial charge in [-0.3, -0.25) is 0 Å². The average molecular weight is 322 g/mol. The van der Waals surface area contributed by atoms with Gasteiger partial charge in [0, 0.05) is 22.9 Å². The van der Waals surface area contributed by atoms with Crippen molar-refractivity contribution < 1.29 is 8.42 Å². The van der Waals surface area contributed by atoms with Crippen molar-refractivity contribution in [2.45, 2.75) is 11.4 Å². The molecule has 0 saturated carbocycles. The third kappa shape index (κ3) is 5.41. The van der Waals surface area contributed by atoms with Crippen LogP contribution in [-0.2, 0) is 16.6 Å². The smallest absolute Gasteiger partial charge is 0.212 e. The molecule has 6 heteroatoms. The van der Waals surface area contributed by atoms with Crippen LogP contribution in [0.4, 0.5) is 5.69 Å². The number of hydrogen-bond acceptors (Lipinski definition) is 4. The quantitative estimate of drug-likeness (QED) is 0.607. The van der Waals surface area contributed by atoms with Crippen LogP contribution >= 0.6 is 11.8 Å². The molecule has 3 N–H and O–H groups in total. The Hall–Kier alpha value is -1.50. The number of benzene rings is 2. The minimum absolute atomic E-state index is 0.0683. The van der Waals surface area contributed by atoms with Gasteiger partial charge in [-0.1, -0.05) is 42.5 Å². The molecule has 0 atom stereocenters. The third-order valence-electron chi connectivity index (χ3n) is 2.87. The standard InChI is InChI=1S/C15H18N2O2S2/c16-14-8-4-5-9-15(14)20-10-11-21(18,19)17-12-13-6-2-1-3-7-13/h1-9,17H,10-12,16H2. The van der Waals surface area contributed by atoms with Gasteiger partial charge in [0.25, 0.3) is 0 Å². The predicted octanol–water partition coefficient (Wildman–Crippen LogP) is 2.48. The Morgan fingerprint density at radius 3 is 2.38 bits per heavy atom. The lowest BCUT2D eigenvalue weighted by molar-refractivity contribution is 0.583. The predicted molar refractivity (Wildman–Crippen MR) is 88.6 cm³/mol. The van der Waals surface area contributed by atoms with Crippen LogP contribution < -0.4 is 10.5 Å². The van der Waals surface area contributed by atoms with Crippen LogP contribution in [0.25, 0.3) is 0 Å². The highest BCUT2D eigenvalue weighted by Crippen LogP contribution is 2.24. The van der Waals surface area contributed by atoms with Crippen LogP contribution in [0.15, 0.2) is 59.5 Å². The maximum Gasteiger partial charge on any atom is 0.212 e. The van der Waals surface area contributed by atoms with Gasteiger partial charge in [0.15, 0.2) is 0 Å². The molecule has 4 nitrogen and oxygen atoms in total. The molecular formula is C15H18N2O2S2. The molecule has 0 amide bonds. The Kier molecular flexibility index (Phi) is 5.67. The molecule has 0 aliphatic rings. The van der Waals surface area contributed by atoms with Crippen molar-refractivity contribution in [2.75, 3.05) is 17.2 Å². The van der Waals surface area contributed by atoms with E-state index in [2.05, 4.69) is 4.72 Å². The molecule has 0 aliphatic carbocycles. The lowest BCUT2D eigenvalue weighted by Gasteiger charge is -2.08. The molecule has 0 spiro atoms. The Morgan fingerprint density at radius 1 is 1.00 bits per heavy atom. The zero-order chi connectivity index (χ0) is 15.1. The van der Waals surface area contributed by atoms with E-state index in [9.17, 15) is 8.42 Å². The fraction of sp³-hybridized carbons (Fsp3) is 0.200. The summed E-state index contributed by atoms with van der Waals surface area (Å²) in [7, 11) is -3.27. The van der Waals surface area contributed by atoms with Gasteiger partial charge in [0.1, 0.15) is 0 Å². The molecule has 0 fully saturated rings. The highest BCUT2D eigenvalue weighted by Gasteiger charge is 2.10. The van der Waals surface area contributed by atoms with E-state index in [1.165, 1.54) is 11.8 Å². The molecule has 0 unspecified atom stereocenters. The van der Waals surface area contributed by atoms with E-state index in [-0.39, 0.29) is 5.75 Å². The molecular weight excluding hydrogens is 304 g/mol. The van der Waals surface area contributed by atoms with Gasteiger partial charge < -0.3 is 5.73 Å². The van der Waals surface area contributed by atoms with Crippen molar-refractivity contribution in [3.63, 3.8) is 0 Å². The van der Waals surface area contributed by atoms with Gasteiger partial charge in [-0.05, 0) is 17.7 Å². The summed E-state index contributed by atoms with van der Waals surface area (Å²) in [5, 5.41) is 0. The Bertz CT molecular complexity index is 673. The molecule has 2 aromatic rings. The molecule has 2 rings (SSSR count). The number of nitrogen functional groups attached to an aromatic ring is 1. The summed E-state index contributed by atoms with van der Waals surface area (Å²) in [5.41, 5.74) is 7.44. The Balaban J connectivity index is 1.80. The summed E-state index contributed by atoms with van der Waals surface area (Å²) < 4.78 is 26.5. The van der Waals surface area contributed by atoms with E-state index >= 15 is 0 Å². The second-order valence-electron chi connectivity index (χ2n) is 4.51. The van der Waals surface area contributed by atoms with Crippen LogP contribution in [0, 0.1) is 0 Å². The van der Waals surface area contributed by atoms with E-state index in [0.29, 0.717) is 18.0 Å². The average Bonchev–Trinajstić information content (AvgIpc) is 2.48. The SMILES string of the molecule is Nc1ccccc1SCCS(=O)(=O)NCc1ccccc1. The van der Waals surface area contributed by atoms with E-state index in [0.717, 1.165) is 10.5 Å². The van der Waals surface area contributed by atoms with Crippen LogP contribution in [0.1, 0.15) is 5.56 Å². The molecule has 0 radical (unpaired) electrons. The van der Waals surface area contributed by atoms with E-state index in [1.807, 2.05) is 54.6 Å². The molecule has 0 aromatic heterocycles. The van der Waals surface area contributed by atoms with Crippen LogP contribution in [0.5, 0.6) is 0 Å². The minimum atomic E-state index is -3.27. The molecule has 0 saturated heterocycles. The summed E-state index contributed by atoms with van der Waals surface area (Å²) in [4.78, 5) is 0.913. The van der Waals surface area contributed by atoms with Crippen molar-refractivity contribution in [1.82, 2.24) is 4.72 Å². The number of anilines is 1. The summed E-state index contributed by atoms with van der Waals surface area (Å²) in [6, 6.07) is 16.9. The van der Waals surface area contributed by atoms with Gasteiger partial charge in [-0.2, -0.15) is 0 Å². The van der Waals surface area contributed by atoms with Crippen LogP contribution in [-0.4, -0.2) is 19.9 Å². The normalized spacial score (nSPS) is 11.4. The van der Waals surface area contributed by atoms with Crippen LogP contribution in [0.3, 0.4) is 0 Å². The first-order chi connectivity index (χ1) is 10.1. The Morgan fingerprint density at radius 2 is 1.67 bits per heavy atom. The highest BCUT2D eigenvalue weighted by atomic mass is 32.2.